The van der Waals surface area contributed by atoms with E-state index in [0.717, 1.165) is 19.5 Å². The molecule has 106 valence electrons. The van der Waals surface area contributed by atoms with Gasteiger partial charge in [-0.25, -0.2) is 0 Å². The first-order chi connectivity index (χ1) is 9.02. The third-order valence-corrected chi connectivity index (χ3v) is 4.02. The van der Waals surface area contributed by atoms with Gasteiger partial charge < -0.3 is 10.6 Å². The lowest BCUT2D eigenvalue weighted by Gasteiger charge is -2.29. The molecule has 2 rings (SSSR count). The van der Waals surface area contributed by atoms with Crippen LogP contribution in [0.25, 0.3) is 0 Å². The molecule has 0 aliphatic carbocycles. The standard InChI is InChI=1S/C16H27N3/c1-12(2)11-19(4)16(10-17)13-5-6-15-14(9-13)7-8-18(15)3/h5-6,9,12,16H,7-8,10-11,17H2,1-4H3. The molecule has 1 aromatic rings. The number of benzene rings is 1. The van der Waals surface area contributed by atoms with Crippen molar-refractivity contribution in [1.29, 1.82) is 0 Å². The number of nitrogens with two attached hydrogens (primary N) is 1. The SMILES string of the molecule is CC(C)CN(C)C(CN)c1ccc2c(c1)CCN2C. The summed E-state index contributed by atoms with van der Waals surface area (Å²) < 4.78 is 0. The Kier molecular flexibility index (Phi) is 4.48. The maximum atomic E-state index is 6.00. The quantitative estimate of drug-likeness (QED) is 0.882. The highest BCUT2D eigenvalue weighted by molar-refractivity contribution is 5.58. The minimum absolute atomic E-state index is 0.332. The van der Waals surface area contributed by atoms with Crippen molar-refractivity contribution in [2.45, 2.75) is 26.3 Å². The number of hydrogen-bond donors (Lipinski definition) is 1. The van der Waals surface area contributed by atoms with Crippen LogP contribution in [0.3, 0.4) is 0 Å². The molecule has 0 radical (unpaired) electrons. The van der Waals surface area contributed by atoms with Gasteiger partial charge in [0.05, 0.1) is 0 Å². The zero-order chi connectivity index (χ0) is 14.0. The first kappa shape index (κ1) is 14.4. The fourth-order valence-electron chi connectivity index (χ4n) is 3.07. The molecule has 0 amide bonds. The number of nitrogens with zero attached hydrogens (tertiary/aromatic N) is 2. The van der Waals surface area contributed by atoms with Crippen molar-refractivity contribution >= 4 is 5.69 Å². The van der Waals surface area contributed by atoms with Crippen LogP contribution in [0.1, 0.15) is 31.0 Å². The van der Waals surface area contributed by atoms with Gasteiger partial charge >= 0.3 is 0 Å². The molecule has 0 aromatic heterocycles. The summed E-state index contributed by atoms with van der Waals surface area (Å²) in [6.45, 7) is 7.40. The second-order valence-corrected chi connectivity index (χ2v) is 6.14. The van der Waals surface area contributed by atoms with E-state index in [2.05, 4.69) is 55.9 Å². The van der Waals surface area contributed by atoms with Crippen LogP contribution in [0.4, 0.5) is 5.69 Å². The van der Waals surface area contributed by atoms with Gasteiger partial charge in [0.2, 0.25) is 0 Å². The zero-order valence-electron chi connectivity index (χ0n) is 12.7. The predicted molar refractivity (Wildman–Crippen MR) is 82.7 cm³/mol. The molecule has 1 aliphatic rings. The maximum Gasteiger partial charge on any atom is 0.0467 e. The minimum Gasteiger partial charge on any atom is -0.374 e. The molecule has 19 heavy (non-hydrogen) atoms. The van der Waals surface area contributed by atoms with E-state index in [1.807, 2.05) is 0 Å². The lowest BCUT2D eigenvalue weighted by molar-refractivity contribution is 0.223. The molecule has 0 saturated carbocycles. The van der Waals surface area contributed by atoms with E-state index < -0.39 is 0 Å². The molecule has 0 saturated heterocycles. The second-order valence-electron chi connectivity index (χ2n) is 6.14. The van der Waals surface area contributed by atoms with Crippen molar-refractivity contribution in [2.24, 2.45) is 11.7 Å². The highest BCUT2D eigenvalue weighted by Gasteiger charge is 2.20. The third kappa shape index (κ3) is 3.10. The van der Waals surface area contributed by atoms with E-state index in [9.17, 15) is 0 Å². The highest BCUT2D eigenvalue weighted by Crippen LogP contribution is 2.30. The van der Waals surface area contributed by atoms with Crippen LogP contribution in [0.2, 0.25) is 0 Å². The van der Waals surface area contributed by atoms with Crippen molar-refractivity contribution < 1.29 is 0 Å². The first-order valence-corrected chi connectivity index (χ1v) is 7.27. The van der Waals surface area contributed by atoms with Gasteiger partial charge in [-0.3, -0.25) is 4.90 Å². The Bertz CT molecular complexity index is 428. The largest absolute Gasteiger partial charge is 0.374 e. The van der Waals surface area contributed by atoms with E-state index in [-0.39, 0.29) is 0 Å². The average molecular weight is 261 g/mol. The molecule has 2 N–H and O–H groups in total. The van der Waals surface area contributed by atoms with Crippen molar-refractivity contribution in [2.75, 3.05) is 38.6 Å². The Morgan fingerprint density at radius 2 is 2.11 bits per heavy atom. The van der Waals surface area contributed by atoms with E-state index >= 15 is 0 Å². The predicted octanol–water partition coefficient (Wildman–Crippen LogP) is 2.27. The molecule has 1 unspecified atom stereocenters. The second kappa shape index (κ2) is 5.93. The fourth-order valence-corrected chi connectivity index (χ4v) is 3.07. The summed E-state index contributed by atoms with van der Waals surface area (Å²) in [5.41, 5.74) is 10.2. The molecule has 0 bridgehead atoms. The van der Waals surface area contributed by atoms with Crippen LogP contribution < -0.4 is 10.6 Å². The van der Waals surface area contributed by atoms with E-state index in [1.165, 1.54) is 16.8 Å². The van der Waals surface area contributed by atoms with Gasteiger partial charge in [-0.15, -0.1) is 0 Å². The van der Waals surface area contributed by atoms with Crippen LogP contribution in [0.15, 0.2) is 18.2 Å². The molecule has 3 heteroatoms. The van der Waals surface area contributed by atoms with Crippen molar-refractivity contribution in [3.05, 3.63) is 29.3 Å². The molecule has 3 nitrogen and oxygen atoms in total. The molecular weight excluding hydrogens is 234 g/mol. The Morgan fingerprint density at radius 3 is 2.74 bits per heavy atom. The Hall–Kier alpha value is -1.06. The molecular formula is C16H27N3. The summed E-state index contributed by atoms with van der Waals surface area (Å²) in [6, 6.07) is 7.18. The number of fused-ring (bicyclic) bond motifs is 1. The Labute approximate surface area is 117 Å². The van der Waals surface area contributed by atoms with Crippen LogP contribution >= 0.6 is 0 Å². The summed E-state index contributed by atoms with van der Waals surface area (Å²) in [4.78, 5) is 4.71. The maximum absolute atomic E-state index is 6.00. The normalized spacial score (nSPS) is 16.3. The van der Waals surface area contributed by atoms with Gasteiger partial charge in [-0.2, -0.15) is 0 Å². The lowest BCUT2D eigenvalue weighted by Crippen LogP contribution is -2.33. The average Bonchev–Trinajstić information content (AvgIpc) is 2.71. The molecule has 1 heterocycles. The fraction of sp³-hybridized carbons (Fsp3) is 0.625. The number of anilines is 1. The number of rotatable bonds is 5. The van der Waals surface area contributed by atoms with Gasteiger partial charge in [0, 0.05) is 38.4 Å². The van der Waals surface area contributed by atoms with Crippen molar-refractivity contribution in [3.8, 4) is 0 Å². The van der Waals surface area contributed by atoms with Crippen molar-refractivity contribution in [1.82, 2.24) is 4.90 Å². The topological polar surface area (TPSA) is 32.5 Å². The molecule has 1 aromatic carbocycles. The van der Waals surface area contributed by atoms with Gasteiger partial charge in [0.1, 0.15) is 0 Å². The monoisotopic (exact) mass is 261 g/mol. The molecule has 1 atom stereocenters. The molecule has 0 fully saturated rings. The Balaban J connectivity index is 2.20. The summed E-state index contributed by atoms with van der Waals surface area (Å²) >= 11 is 0. The van der Waals surface area contributed by atoms with Gasteiger partial charge in [-0.05, 0) is 36.6 Å². The van der Waals surface area contributed by atoms with Gasteiger partial charge in [0.15, 0.2) is 0 Å². The van der Waals surface area contributed by atoms with Crippen LogP contribution in [-0.2, 0) is 6.42 Å². The lowest BCUT2D eigenvalue weighted by atomic mass is 10.0. The number of hydrogen-bond acceptors (Lipinski definition) is 3. The van der Waals surface area contributed by atoms with Crippen LogP contribution in [0, 0.1) is 5.92 Å². The summed E-state index contributed by atoms with van der Waals surface area (Å²) in [6.07, 6.45) is 1.16. The van der Waals surface area contributed by atoms with Gasteiger partial charge in [0.25, 0.3) is 0 Å². The smallest absolute Gasteiger partial charge is 0.0467 e. The third-order valence-electron chi connectivity index (χ3n) is 4.02. The van der Waals surface area contributed by atoms with E-state index in [4.69, 9.17) is 5.73 Å². The highest BCUT2D eigenvalue weighted by atomic mass is 15.1. The number of likely N-dealkylation sites (N-methyl/N-ethyl adjacent to an activating group) is 2. The minimum atomic E-state index is 0.332. The van der Waals surface area contributed by atoms with Crippen LogP contribution in [-0.4, -0.2) is 38.6 Å². The van der Waals surface area contributed by atoms with E-state index in [0.29, 0.717) is 18.5 Å². The van der Waals surface area contributed by atoms with Crippen molar-refractivity contribution in [3.63, 3.8) is 0 Å². The van der Waals surface area contributed by atoms with Gasteiger partial charge in [-0.1, -0.05) is 26.0 Å². The summed E-state index contributed by atoms with van der Waals surface area (Å²) in [5.74, 6) is 0.666. The zero-order valence-corrected chi connectivity index (χ0v) is 12.7. The molecule has 0 spiro atoms. The van der Waals surface area contributed by atoms with Crippen LogP contribution in [0.5, 0.6) is 0 Å². The first-order valence-electron chi connectivity index (χ1n) is 7.27. The van der Waals surface area contributed by atoms with E-state index in [1.54, 1.807) is 0 Å². The Morgan fingerprint density at radius 1 is 1.37 bits per heavy atom. The summed E-state index contributed by atoms with van der Waals surface area (Å²) in [7, 11) is 4.34. The molecule has 1 aliphatic heterocycles. The summed E-state index contributed by atoms with van der Waals surface area (Å²) in [5, 5.41) is 0.